The smallest absolute Gasteiger partial charge is 0.337 e. The van der Waals surface area contributed by atoms with E-state index in [1.807, 2.05) is 0 Å². The molecule has 0 saturated carbocycles. The van der Waals surface area contributed by atoms with Gasteiger partial charge in [0.05, 0.1) is 0 Å². The van der Waals surface area contributed by atoms with Crippen molar-refractivity contribution in [3.05, 3.63) is 36.0 Å². The van der Waals surface area contributed by atoms with E-state index in [2.05, 4.69) is 6.92 Å². The highest BCUT2D eigenvalue weighted by molar-refractivity contribution is 5.81. The molecule has 104 valence electrons. The lowest BCUT2D eigenvalue weighted by Crippen LogP contribution is -2.13. The fourth-order valence-electron chi connectivity index (χ4n) is 2.38. The maximum Gasteiger partial charge on any atom is 0.431 e. The number of hydrogen-bond donors (Lipinski definition) is 0. The molecule has 0 aliphatic rings. The highest BCUT2D eigenvalue weighted by Crippen LogP contribution is 2.34. The molecule has 2 aromatic rings. The Morgan fingerprint density at radius 2 is 1.79 bits per heavy atom. The Morgan fingerprint density at radius 1 is 1.05 bits per heavy atom. The summed E-state index contributed by atoms with van der Waals surface area (Å²) in [5.41, 5.74) is 0.136. The van der Waals surface area contributed by atoms with E-state index < -0.39 is 11.9 Å². The summed E-state index contributed by atoms with van der Waals surface area (Å²) in [6.45, 7) is 2.52. The first-order chi connectivity index (χ1) is 9.04. The van der Waals surface area contributed by atoms with Gasteiger partial charge in [-0.05, 0) is 18.6 Å². The summed E-state index contributed by atoms with van der Waals surface area (Å²) in [7, 11) is 0. The Hall–Kier alpha value is -1.45. The number of alkyl halides is 3. The molecule has 0 N–H and O–H groups in total. The van der Waals surface area contributed by atoms with E-state index in [-0.39, 0.29) is 0 Å². The summed E-state index contributed by atoms with van der Waals surface area (Å²) in [5.74, 6) is 0. The van der Waals surface area contributed by atoms with Crippen LogP contribution in [0.3, 0.4) is 0 Å². The van der Waals surface area contributed by atoms with Crippen molar-refractivity contribution in [2.75, 3.05) is 0 Å². The van der Waals surface area contributed by atoms with Crippen LogP contribution in [0.1, 0.15) is 38.3 Å². The number of fused-ring (bicyclic) bond motifs is 1. The van der Waals surface area contributed by atoms with Gasteiger partial charge < -0.3 is 4.57 Å². The Bertz CT molecular complexity index is 540. The average molecular weight is 269 g/mol. The Balaban J connectivity index is 2.32. The number of rotatable bonds is 5. The van der Waals surface area contributed by atoms with Crippen LogP contribution < -0.4 is 0 Å². The van der Waals surface area contributed by atoms with E-state index in [1.54, 1.807) is 24.3 Å². The van der Waals surface area contributed by atoms with Gasteiger partial charge in [0, 0.05) is 17.4 Å². The normalized spacial score (nSPS) is 12.2. The highest BCUT2D eigenvalue weighted by atomic mass is 19.4. The second-order valence-electron chi connectivity index (χ2n) is 4.80. The van der Waals surface area contributed by atoms with Crippen LogP contribution in [-0.2, 0) is 12.7 Å². The van der Waals surface area contributed by atoms with Crippen molar-refractivity contribution in [2.45, 2.75) is 45.3 Å². The second-order valence-corrected chi connectivity index (χ2v) is 4.80. The number of halogens is 3. The van der Waals surface area contributed by atoms with E-state index in [0.717, 1.165) is 25.7 Å². The van der Waals surface area contributed by atoms with E-state index in [1.165, 1.54) is 10.6 Å². The number of hydrogen-bond acceptors (Lipinski definition) is 0. The number of unbranched alkanes of at least 4 members (excludes halogenated alkanes) is 3. The van der Waals surface area contributed by atoms with E-state index >= 15 is 0 Å². The maximum atomic E-state index is 13.0. The molecule has 4 heteroatoms. The third kappa shape index (κ3) is 3.11. The van der Waals surface area contributed by atoms with Crippen molar-refractivity contribution >= 4 is 10.9 Å². The van der Waals surface area contributed by atoms with Gasteiger partial charge in [0.2, 0.25) is 0 Å². The summed E-state index contributed by atoms with van der Waals surface area (Å²) < 4.78 is 40.5. The maximum absolute atomic E-state index is 13.0. The Morgan fingerprint density at radius 3 is 2.47 bits per heavy atom. The second kappa shape index (κ2) is 5.68. The van der Waals surface area contributed by atoms with Crippen LogP contribution in [0.2, 0.25) is 0 Å². The molecule has 0 saturated heterocycles. The molecule has 1 heterocycles. The molecule has 2 rings (SSSR count). The first-order valence-corrected chi connectivity index (χ1v) is 6.69. The van der Waals surface area contributed by atoms with Crippen LogP contribution in [0.15, 0.2) is 30.3 Å². The fourth-order valence-corrected chi connectivity index (χ4v) is 2.38. The van der Waals surface area contributed by atoms with Crippen molar-refractivity contribution in [3.8, 4) is 0 Å². The van der Waals surface area contributed by atoms with Gasteiger partial charge in [-0.3, -0.25) is 0 Å². The van der Waals surface area contributed by atoms with Crippen LogP contribution >= 0.6 is 0 Å². The van der Waals surface area contributed by atoms with Crippen LogP contribution in [0, 0.1) is 0 Å². The SMILES string of the molecule is CCCCCCn1c(C(F)(F)F)cc2ccccc21. The van der Waals surface area contributed by atoms with Gasteiger partial charge in [-0.25, -0.2) is 0 Å². The molecule has 0 amide bonds. The number of aryl methyl sites for hydroxylation is 1. The summed E-state index contributed by atoms with van der Waals surface area (Å²) in [4.78, 5) is 0. The van der Waals surface area contributed by atoms with Crippen molar-refractivity contribution in [1.29, 1.82) is 0 Å². The van der Waals surface area contributed by atoms with Gasteiger partial charge in [0.25, 0.3) is 0 Å². The minimum Gasteiger partial charge on any atom is -0.337 e. The molecular weight excluding hydrogens is 251 g/mol. The van der Waals surface area contributed by atoms with Gasteiger partial charge >= 0.3 is 6.18 Å². The molecule has 0 aliphatic heterocycles. The number of para-hydroxylation sites is 1. The van der Waals surface area contributed by atoms with Crippen LogP contribution in [-0.4, -0.2) is 4.57 Å². The third-order valence-corrected chi connectivity index (χ3v) is 3.34. The molecule has 0 spiro atoms. The van der Waals surface area contributed by atoms with Crippen molar-refractivity contribution in [2.24, 2.45) is 0 Å². The number of aromatic nitrogens is 1. The quantitative estimate of drug-likeness (QED) is 0.654. The van der Waals surface area contributed by atoms with Crippen molar-refractivity contribution < 1.29 is 13.2 Å². The van der Waals surface area contributed by atoms with Crippen LogP contribution in [0.25, 0.3) is 10.9 Å². The summed E-state index contributed by atoms with van der Waals surface area (Å²) >= 11 is 0. The van der Waals surface area contributed by atoms with Crippen molar-refractivity contribution in [1.82, 2.24) is 4.57 Å². The minimum atomic E-state index is -4.29. The van der Waals surface area contributed by atoms with E-state index in [4.69, 9.17) is 0 Å². The standard InChI is InChI=1S/C15H18F3N/c1-2-3-4-7-10-19-13-9-6-5-8-12(13)11-14(19)15(16,17)18/h5-6,8-9,11H,2-4,7,10H2,1H3. The minimum absolute atomic E-state index is 0.433. The predicted octanol–water partition coefficient (Wildman–Crippen LogP) is 5.24. The zero-order valence-corrected chi connectivity index (χ0v) is 11.0. The van der Waals surface area contributed by atoms with E-state index in [9.17, 15) is 13.2 Å². The van der Waals surface area contributed by atoms with Gasteiger partial charge in [-0.15, -0.1) is 0 Å². The molecule has 1 nitrogen and oxygen atoms in total. The predicted molar refractivity (Wildman–Crippen MR) is 71.1 cm³/mol. The molecule has 19 heavy (non-hydrogen) atoms. The number of nitrogens with zero attached hydrogens (tertiary/aromatic N) is 1. The lowest BCUT2D eigenvalue weighted by Gasteiger charge is -2.13. The third-order valence-electron chi connectivity index (χ3n) is 3.34. The molecule has 1 aromatic carbocycles. The molecule has 0 unspecified atom stereocenters. The van der Waals surface area contributed by atoms with Gasteiger partial charge in [-0.1, -0.05) is 44.4 Å². The zero-order valence-electron chi connectivity index (χ0n) is 11.0. The molecule has 1 aromatic heterocycles. The zero-order chi connectivity index (χ0) is 13.9. The molecule has 0 radical (unpaired) electrons. The lowest BCUT2D eigenvalue weighted by molar-refractivity contribution is -0.143. The topological polar surface area (TPSA) is 4.93 Å². The number of benzene rings is 1. The molecule has 0 atom stereocenters. The van der Waals surface area contributed by atoms with Gasteiger partial charge in [0.15, 0.2) is 0 Å². The van der Waals surface area contributed by atoms with Crippen LogP contribution in [0.5, 0.6) is 0 Å². The molecule has 0 fully saturated rings. The first-order valence-electron chi connectivity index (χ1n) is 6.69. The first kappa shape index (κ1) is 14.0. The Labute approximate surface area is 111 Å². The summed E-state index contributed by atoms with van der Waals surface area (Å²) in [6, 6.07) is 8.28. The van der Waals surface area contributed by atoms with Crippen LogP contribution in [0.4, 0.5) is 13.2 Å². The molecular formula is C15H18F3N. The molecule has 0 aliphatic carbocycles. The lowest BCUT2D eigenvalue weighted by atomic mass is 10.2. The molecule has 0 bridgehead atoms. The monoisotopic (exact) mass is 269 g/mol. The summed E-state index contributed by atoms with van der Waals surface area (Å²) in [6.07, 6.45) is -0.376. The highest BCUT2D eigenvalue weighted by Gasteiger charge is 2.35. The van der Waals surface area contributed by atoms with E-state index in [0.29, 0.717) is 17.4 Å². The van der Waals surface area contributed by atoms with Gasteiger partial charge in [0.1, 0.15) is 5.69 Å². The average Bonchev–Trinajstić information content (AvgIpc) is 2.74. The summed E-state index contributed by atoms with van der Waals surface area (Å²) in [5, 5.41) is 0.658. The Kier molecular flexibility index (Phi) is 4.17. The fraction of sp³-hybridized carbons (Fsp3) is 0.467. The largest absolute Gasteiger partial charge is 0.431 e. The van der Waals surface area contributed by atoms with Gasteiger partial charge in [-0.2, -0.15) is 13.2 Å². The van der Waals surface area contributed by atoms with Crippen molar-refractivity contribution in [3.63, 3.8) is 0 Å².